The minimum Gasteiger partial charge on any atom is -0.480 e. The van der Waals surface area contributed by atoms with Gasteiger partial charge in [-0.15, -0.1) is 12.4 Å². The van der Waals surface area contributed by atoms with Crippen molar-refractivity contribution < 1.29 is 9.90 Å². The average molecular weight is 233 g/mol. The summed E-state index contributed by atoms with van der Waals surface area (Å²) in [7, 11) is 0. The number of carboxylic acid groups (broad SMARTS) is 1. The van der Waals surface area contributed by atoms with Crippen LogP contribution >= 0.6 is 28.3 Å². The van der Waals surface area contributed by atoms with E-state index < -0.39 is 12.0 Å². The molecule has 62 valence electrons. The van der Waals surface area contributed by atoms with Gasteiger partial charge in [-0.1, -0.05) is 15.9 Å². The highest BCUT2D eigenvalue weighted by atomic mass is 79.9. The van der Waals surface area contributed by atoms with Gasteiger partial charge in [0.15, 0.2) is 0 Å². The van der Waals surface area contributed by atoms with Gasteiger partial charge in [0.05, 0.1) is 0 Å². The monoisotopic (exact) mass is 231 g/mol. The number of nitrogens with two attached hydrogens (primary N) is 1. The van der Waals surface area contributed by atoms with Crippen molar-refractivity contribution in [3.63, 3.8) is 0 Å². The van der Waals surface area contributed by atoms with Gasteiger partial charge in [0.1, 0.15) is 6.04 Å². The van der Waals surface area contributed by atoms with Crippen LogP contribution in [0.2, 0.25) is 0 Å². The first-order valence-electron chi connectivity index (χ1n) is 2.73. The van der Waals surface area contributed by atoms with Crippen LogP contribution in [-0.2, 0) is 4.79 Å². The molecule has 0 amide bonds. The maximum absolute atomic E-state index is 10.1. The van der Waals surface area contributed by atoms with Crippen molar-refractivity contribution in [3.05, 3.63) is 0 Å². The van der Waals surface area contributed by atoms with Crippen LogP contribution in [0.4, 0.5) is 0 Å². The fraction of sp³-hybridized carbons (Fsp3) is 0.800. The highest BCUT2D eigenvalue weighted by Gasteiger charge is 2.08. The van der Waals surface area contributed by atoms with Crippen LogP contribution in [0.1, 0.15) is 12.8 Å². The van der Waals surface area contributed by atoms with E-state index in [9.17, 15) is 4.79 Å². The summed E-state index contributed by atoms with van der Waals surface area (Å²) in [5, 5.41) is 9.08. The Morgan fingerprint density at radius 1 is 1.70 bits per heavy atom. The lowest BCUT2D eigenvalue weighted by molar-refractivity contribution is -0.138. The summed E-state index contributed by atoms with van der Waals surface area (Å²) in [6, 6.07) is -0.692. The van der Waals surface area contributed by atoms with E-state index in [0.29, 0.717) is 6.42 Å². The summed E-state index contributed by atoms with van der Waals surface area (Å²) >= 11 is 3.18. The van der Waals surface area contributed by atoms with Crippen LogP contribution < -0.4 is 5.73 Å². The van der Waals surface area contributed by atoms with Crippen LogP contribution in [0, 0.1) is 0 Å². The molecule has 0 fully saturated rings. The molecule has 0 aromatic heterocycles. The maximum Gasteiger partial charge on any atom is 0.320 e. The van der Waals surface area contributed by atoms with Gasteiger partial charge in [0.2, 0.25) is 0 Å². The first-order chi connectivity index (χ1) is 4.18. The zero-order valence-corrected chi connectivity index (χ0v) is 7.82. The van der Waals surface area contributed by atoms with Crippen molar-refractivity contribution in [1.82, 2.24) is 0 Å². The number of hydrogen-bond acceptors (Lipinski definition) is 2. The van der Waals surface area contributed by atoms with Gasteiger partial charge in [-0.2, -0.15) is 0 Å². The number of hydrogen-bond donors (Lipinski definition) is 2. The molecule has 0 rings (SSSR count). The topological polar surface area (TPSA) is 63.3 Å². The number of alkyl halides is 1. The number of aliphatic carboxylic acids is 1. The standard InChI is InChI=1S/C5H10BrNO2.ClH/c6-3-1-2-4(7)5(8)9;/h4H,1-3,7H2,(H,8,9);1H/t4-;/m0./s1. The Bertz CT molecular complexity index is 102. The van der Waals surface area contributed by atoms with Crippen molar-refractivity contribution in [1.29, 1.82) is 0 Å². The highest BCUT2D eigenvalue weighted by Crippen LogP contribution is 1.96. The Morgan fingerprint density at radius 3 is 2.50 bits per heavy atom. The zero-order valence-electron chi connectivity index (χ0n) is 5.42. The second-order valence-corrected chi connectivity index (χ2v) is 2.57. The zero-order chi connectivity index (χ0) is 7.28. The predicted octanol–water partition coefficient (Wildman–Crippen LogP) is 0.995. The van der Waals surface area contributed by atoms with E-state index in [2.05, 4.69) is 15.9 Å². The van der Waals surface area contributed by atoms with E-state index >= 15 is 0 Å². The van der Waals surface area contributed by atoms with Crippen LogP contribution in [0.5, 0.6) is 0 Å². The van der Waals surface area contributed by atoms with E-state index in [1.54, 1.807) is 0 Å². The van der Waals surface area contributed by atoms with Gasteiger partial charge < -0.3 is 10.8 Å². The third-order valence-electron chi connectivity index (χ3n) is 0.966. The highest BCUT2D eigenvalue weighted by molar-refractivity contribution is 9.09. The number of carbonyl (C=O) groups is 1. The lowest BCUT2D eigenvalue weighted by atomic mass is 10.2. The number of halogens is 2. The minimum atomic E-state index is -0.920. The molecular formula is C5H11BrClNO2. The second kappa shape index (κ2) is 7.31. The third kappa shape index (κ3) is 6.32. The molecular weight excluding hydrogens is 221 g/mol. The molecule has 0 unspecified atom stereocenters. The van der Waals surface area contributed by atoms with Crippen LogP contribution in [0.3, 0.4) is 0 Å². The fourth-order valence-electron chi connectivity index (χ4n) is 0.421. The SMILES string of the molecule is Cl.N[C@@H](CCCBr)C(=O)O. The van der Waals surface area contributed by atoms with E-state index in [1.807, 2.05) is 0 Å². The van der Waals surface area contributed by atoms with Gasteiger partial charge in [-0.25, -0.2) is 0 Å². The van der Waals surface area contributed by atoms with E-state index in [-0.39, 0.29) is 12.4 Å². The predicted molar refractivity (Wildman–Crippen MR) is 45.9 cm³/mol. The molecule has 1 atom stereocenters. The second-order valence-electron chi connectivity index (χ2n) is 1.78. The maximum atomic E-state index is 10.1. The van der Waals surface area contributed by atoms with Crippen LogP contribution in [0.15, 0.2) is 0 Å². The Kier molecular flexibility index (Phi) is 9.38. The summed E-state index contributed by atoms with van der Waals surface area (Å²) < 4.78 is 0. The molecule has 3 nitrogen and oxygen atoms in total. The summed E-state index contributed by atoms with van der Waals surface area (Å²) in [5.41, 5.74) is 5.18. The summed E-state index contributed by atoms with van der Waals surface area (Å²) in [5.74, 6) is -0.920. The van der Waals surface area contributed by atoms with Gasteiger partial charge in [-0.05, 0) is 12.8 Å². The van der Waals surface area contributed by atoms with E-state index in [0.717, 1.165) is 11.8 Å². The molecule has 10 heavy (non-hydrogen) atoms. The third-order valence-corrected chi connectivity index (χ3v) is 1.53. The first kappa shape index (κ1) is 12.8. The van der Waals surface area contributed by atoms with Crippen molar-refractivity contribution in [3.8, 4) is 0 Å². The fourth-order valence-corrected chi connectivity index (χ4v) is 0.744. The van der Waals surface area contributed by atoms with Crippen molar-refractivity contribution in [2.24, 2.45) is 5.73 Å². The molecule has 0 aromatic carbocycles. The largest absolute Gasteiger partial charge is 0.480 e. The average Bonchev–Trinajstić information content (AvgIpc) is 1.82. The van der Waals surface area contributed by atoms with E-state index in [4.69, 9.17) is 10.8 Å². The quantitative estimate of drug-likeness (QED) is 0.711. The van der Waals surface area contributed by atoms with Gasteiger partial charge in [0, 0.05) is 5.33 Å². The Labute approximate surface area is 74.5 Å². The van der Waals surface area contributed by atoms with Crippen LogP contribution in [0.25, 0.3) is 0 Å². The lowest BCUT2D eigenvalue weighted by Gasteiger charge is -2.01. The number of rotatable bonds is 4. The molecule has 0 saturated carbocycles. The molecule has 0 radical (unpaired) electrons. The Balaban J connectivity index is 0. The summed E-state index contributed by atoms with van der Waals surface area (Å²) in [6.07, 6.45) is 1.36. The first-order valence-corrected chi connectivity index (χ1v) is 3.85. The summed E-state index contributed by atoms with van der Waals surface area (Å²) in [6.45, 7) is 0. The van der Waals surface area contributed by atoms with Gasteiger partial charge in [-0.3, -0.25) is 4.79 Å². The molecule has 5 heteroatoms. The molecule has 0 bridgehead atoms. The molecule has 0 aliphatic heterocycles. The van der Waals surface area contributed by atoms with Crippen molar-refractivity contribution in [2.45, 2.75) is 18.9 Å². The smallest absolute Gasteiger partial charge is 0.320 e. The molecule has 0 saturated heterocycles. The minimum absolute atomic E-state index is 0. The summed E-state index contributed by atoms with van der Waals surface area (Å²) in [4.78, 5) is 10.1. The molecule has 0 aliphatic carbocycles. The normalized spacial score (nSPS) is 11.8. The van der Waals surface area contributed by atoms with E-state index in [1.165, 1.54) is 0 Å². The van der Waals surface area contributed by atoms with Gasteiger partial charge in [0.25, 0.3) is 0 Å². The van der Waals surface area contributed by atoms with Crippen molar-refractivity contribution >= 4 is 34.3 Å². The number of carboxylic acids is 1. The molecule has 0 aliphatic rings. The lowest BCUT2D eigenvalue weighted by Crippen LogP contribution is -2.29. The molecule has 0 heterocycles. The molecule has 3 N–H and O–H groups in total. The van der Waals surface area contributed by atoms with Gasteiger partial charge >= 0.3 is 5.97 Å². The van der Waals surface area contributed by atoms with Crippen molar-refractivity contribution in [2.75, 3.05) is 5.33 Å². The Morgan fingerprint density at radius 2 is 2.20 bits per heavy atom. The van der Waals surface area contributed by atoms with Crippen LogP contribution in [-0.4, -0.2) is 22.4 Å². The Hall–Kier alpha value is 0.200. The molecule has 0 aromatic rings. The molecule has 0 spiro atoms.